The first kappa shape index (κ1) is 18.9. The van der Waals surface area contributed by atoms with Gasteiger partial charge < -0.3 is 10.2 Å². The number of rotatable bonds is 3. The van der Waals surface area contributed by atoms with Crippen LogP contribution in [0.25, 0.3) is 0 Å². The van der Waals surface area contributed by atoms with Crippen LogP contribution in [-0.4, -0.2) is 60.3 Å². The summed E-state index contributed by atoms with van der Waals surface area (Å²) in [6.07, 6.45) is 1.08. The number of nitrogens with zero attached hydrogens (tertiary/aromatic N) is 2. The molecule has 0 aliphatic carbocycles. The molecule has 4 rings (SSSR count). The average molecular weight is 405 g/mol. The van der Waals surface area contributed by atoms with Gasteiger partial charge in [-0.15, -0.1) is 0 Å². The van der Waals surface area contributed by atoms with Crippen molar-refractivity contribution >= 4 is 33.2 Å². The number of nitrogens with one attached hydrogen (secondary N) is 1. The molecule has 0 saturated carbocycles. The third-order valence-corrected chi connectivity index (χ3v) is 7.89. The van der Waals surface area contributed by atoms with Gasteiger partial charge in [0.2, 0.25) is 11.8 Å². The lowest BCUT2D eigenvalue weighted by Gasteiger charge is -2.48. The third kappa shape index (κ3) is 2.88. The first-order valence-electron chi connectivity index (χ1n) is 9.30. The van der Waals surface area contributed by atoms with Crippen LogP contribution in [0.4, 0.5) is 5.69 Å². The molecule has 2 unspecified atom stereocenters. The van der Waals surface area contributed by atoms with E-state index in [1.165, 1.54) is 4.90 Å². The summed E-state index contributed by atoms with van der Waals surface area (Å²) in [5.41, 5.74) is -0.790. The number of sulfone groups is 1. The minimum atomic E-state index is -3.17. The third-order valence-electron chi connectivity index (χ3n) is 5.99. The number of amides is 3. The van der Waals surface area contributed by atoms with E-state index >= 15 is 0 Å². The van der Waals surface area contributed by atoms with Gasteiger partial charge in [0, 0.05) is 6.42 Å². The van der Waals surface area contributed by atoms with Crippen molar-refractivity contribution in [2.75, 3.05) is 23.0 Å². The summed E-state index contributed by atoms with van der Waals surface area (Å²) in [4.78, 5) is 41.5. The molecular formula is C19H23N3O5S. The van der Waals surface area contributed by atoms with Crippen molar-refractivity contribution < 1.29 is 22.8 Å². The molecule has 1 aromatic carbocycles. The van der Waals surface area contributed by atoms with Gasteiger partial charge in [-0.1, -0.05) is 12.1 Å². The van der Waals surface area contributed by atoms with Crippen LogP contribution in [0.15, 0.2) is 24.3 Å². The van der Waals surface area contributed by atoms with Crippen molar-refractivity contribution in [3.8, 4) is 0 Å². The number of carbonyl (C=O) groups excluding carboxylic acids is 3. The fourth-order valence-electron chi connectivity index (χ4n) is 4.57. The molecule has 2 saturated heterocycles. The smallest absolute Gasteiger partial charge is 0.258 e. The van der Waals surface area contributed by atoms with Gasteiger partial charge in [0.05, 0.1) is 28.3 Å². The number of anilines is 1. The number of benzene rings is 1. The zero-order valence-corrected chi connectivity index (χ0v) is 16.7. The summed E-state index contributed by atoms with van der Waals surface area (Å²) in [5, 5.41) is 2.80. The second kappa shape index (κ2) is 6.04. The fourth-order valence-corrected chi connectivity index (χ4v) is 6.66. The van der Waals surface area contributed by atoms with Crippen molar-refractivity contribution in [3.05, 3.63) is 29.8 Å². The van der Waals surface area contributed by atoms with E-state index in [0.717, 1.165) is 0 Å². The van der Waals surface area contributed by atoms with E-state index in [0.29, 0.717) is 30.5 Å². The lowest BCUT2D eigenvalue weighted by atomic mass is 9.98. The van der Waals surface area contributed by atoms with Crippen molar-refractivity contribution in [1.82, 2.24) is 10.2 Å². The van der Waals surface area contributed by atoms with E-state index in [4.69, 9.17) is 0 Å². The molecular weight excluding hydrogens is 382 g/mol. The van der Waals surface area contributed by atoms with E-state index in [1.54, 1.807) is 43.0 Å². The molecule has 0 spiro atoms. The van der Waals surface area contributed by atoms with E-state index in [9.17, 15) is 22.8 Å². The minimum absolute atomic E-state index is 0.0415. The Morgan fingerprint density at radius 2 is 1.89 bits per heavy atom. The normalized spacial score (nSPS) is 30.9. The van der Waals surface area contributed by atoms with Crippen LogP contribution in [0.3, 0.4) is 0 Å². The molecule has 9 heteroatoms. The molecule has 28 heavy (non-hydrogen) atoms. The summed E-state index contributed by atoms with van der Waals surface area (Å²) in [6.45, 7) is 3.26. The Morgan fingerprint density at radius 3 is 2.57 bits per heavy atom. The van der Waals surface area contributed by atoms with Crippen LogP contribution >= 0.6 is 0 Å². The van der Waals surface area contributed by atoms with Gasteiger partial charge in [0.15, 0.2) is 9.84 Å². The molecule has 150 valence electrons. The zero-order chi connectivity index (χ0) is 20.3. The van der Waals surface area contributed by atoms with Crippen molar-refractivity contribution in [1.29, 1.82) is 0 Å². The van der Waals surface area contributed by atoms with Crippen LogP contribution in [-0.2, 0) is 19.4 Å². The molecule has 0 bridgehead atoms. The number of hydrogen-bond acceptors (Lipinski definition) is 5. The van der Waals surface area contributed by atoms with E-state index < -0.39 is 26.9 Å². The highest BCUT2D eigenvalue weighted by molar-refractivity contribution is 7.91. The zero-order valence-electron chi connectivity index (χ0n) is 15.9. The van der Waals surface area contributed by atoms with Gasteiger partial charge in [-0.05, 0) is 38.8 Å². The molecule has 1 N–H and O–H groups in total. The lowest BCUT2D eigenvalue weighted by molar-refractivity contribution is -0.125. The Labute approximate surface area is 163 Å². The predicted molar refractivity (Wildman–Crippen MR) is 102 cm³/mol. The number of fused-ring (bicyclic) bond motifs is 3. The van der Waals surface area contributed by atoms with Gasteiger partial charge in [-0.2, -0.15) is 0 Å². The number of hydrogen-bond donors (Lipinski definition) is 1. The standard InChI is InChI=1S/C19H23N3O5S/c1-18(9-10-28(26,27)12-18)20-15(23)11-21-17(25)13-5-3-4-6-14(13)22-16(24)7-8-19(21,22)2/h3-6H,7-12H2,1-2H3,(H,20,23). The maximum Gasteiger partial charge on any atom is 0.258 e. The van der Waals surface area contributed by atoms with Crippen LogP contribution in [0.1, 0.15) is 43.5 Å². The van der Waals surface area contributed by atoms with E-state index in [2.05, 4.69) is 5.32 Å². The monoisotopic (exact) mass is 405 g/mol. The maximum absolute atomic E-state index is 13.1. The quantitative estimate of drug-likeness (QED) is 0.796. The second-order valence-electron chi connectivity index (χ2n) is 8.31. The maximum atomic E-state index is 13.1. The Kier molecular flexibility index (Phi) is 4.08. The van der Waals surface area contributed by atoms with Crippen molar-refractivity contribution in [2.45, 2.75) is 44.3 Å². The van der Waals surface area contributed by atoms with Crippen molar-refractivity contribution in [2.24, 2.45) is 0 Å². The molecule has 8 nitrogen and oxygen atoms in total. The second-order valence-corrected chi connectivity index (χ2v) is 10.5. The first-order chi connectivity index (χ1) is 13.0. The summed E-state index contributed by atoms with van der Waals surface area (Å²) in [7, 11) is -3.17. The predicted octanol–water partition coefficient (Wildman–Crippen LogP) is 0.679. The minimum Gasteiger partial charge on any atom is -0.348 e. The molecule has 3 aliphatic rings. The van der Waals surface area contributed by atoms with Gasteiger partial charge in [0.25, 0.3) is 5.91 Å². The van der Waals surface area contributed by atoms with Crippen LogP contribution in [0.2, 0.25) is 0 Å². The van der Waals surface area contributed by atoms with Crippen LogP contribution in [0.5, 0.6) is 0 Å². The summed E-state index contributed by atoms with van der Waals surface area (Å²) in [6, 6.07) is 6.90. The summed E-state index contributed by atoms with van der Waals surface area (Å²) < 4.78 is 23.6. The highest BCUT2D eigenvalue weighted by Crippen LogP contribution is 2.43. The Hall–Kier alpha value is -2.42. The number of para-hydroxylation sites is 1. The highest BCUT2D eigenvalue weighted by Gasteiger charge is 2.53. The fraction of sp³-hybridized carbons (Fsp3) is 0.526. The summed E-state index contributed by atoms with van der Waals surface area (Å²) >= 11 is 0. The van der Waals surface area contributed by atoms with E-state index in [-0.39, 0.29) is 29.9 Å². The molecule has 2 fully saturated rings. The van der Waals surface area contributed by atoms with Gasteiger partial charge in [-0.25, -0.2) is 8.42 Å². The molecule has 3 aliphatic heterocycles. The lowest BCUT2D eigenvalue weighted by Crippen LogP contribution is -2.64. The molecule has 0 radical (unpaired) electrons. The topological polar surface area (TPSA) is 104 Å². The largest absolute Gasteiger partial charge is 0.348 e. The Morgan fingerprint density at radius 1 is 1.18 bits per heavy atom. The first-order valence-corrected chi connectivity index (χ1v) is 11.1. The molecule has 3 heterocycles. The molecule has 3 amide bonds. The average Bonchev–Trinajstić information content (AvgIpc) is 3.07. The van der Waals surface area contributed by atoms with Gasteiger partial charge in [0.1, 0.15) is 12.2 Å². The molecule has 1 aromatic rings. The summed E-state index contributed by atoms with van der Waals surface area (Å²) in [5.74, 6) is -0.873. The van der Waals surface area contributed by atoms with Gasteiger partial charge in [-0.3, -0.25) is 19.3 Å². The van der Waals surface area contributed by atoms with E-state index in [1.807, 2.05) is 0 Å². The Balaban J connectivity index is 1.62. The molecule has 2 atom stereocenters. The van der Waals surface area contributed by atoms with Crippen molar-refractivity contribution in [3.63, 3.8) is 0 Å². The number of carbonyl (C=O) groups is 3. The Bertz CT molecular complexity index is 991. The molecule has 0 aromatic heterocycles. The highest BCUT2D eigenvalue weighted by atomic mass is 32.2. The van der Waals surface area contributed by atoms with Gasteiger partial charge >= 0.3 is 0 Å². The SMILES string of the molecule is CC1(NC(=O)CN2C(=O)c3ccccc3N3C(=O)CCC23C)CCS(=O)(=O)C1. The van der Waals surface area contributed by atoms with Crippen LogP contribution in [0, 0.1) is 0 Å². The van der Waals surface area contributed by atoms with Crippen LogP contribution < -0.4 is 10.2 Å².